The smallest absolute Gasteiger partial charge is 0.124 e. The summed E-state index contributed by atoms with van der Waals surface area (Å²) in [6.07, 6.45) is 2.04. The zero-order valence-corrected chi connectivity index (χ0v) is 13.5. The molecular weight excluding hydrogens is 274 g/mol. The Balaban J connectivity index is 2.04. The van der Waals surface area contributed by atoms with Crippen molar-refractivity contribution in [3.63, 3.8) is 0 Å². The Bertz CT molecular complexity index is 666. The zero-order valence-electron chi connectivity index (χ0n) is 13.5. The second-order valence-corrected chi connectivity index (χ2v) is 5.63. The van der Waals surface area contributed by atoms with E-state index in [-0.39, 0.29) is 6.04 Å². The maximum atomic E-state index is 5.64. The molecule has 0 fully saturated rings. The molecule has 0 aliphatic carbocycles. The van der Waals surface area contributed by atoms with Gasteiger partial charge in [0, 0.05) is 12.1 Å². The van der Waals surface area contributed by atoms with Crippen LogP contribution in [-0.2, 0) is 12.8 Å². The Kier molecular flexibility index (Phi) is 4.34. The van der Waals surface area contributed by atoms with Crippen LogP contribution in [0.3, 0.4) is 0 Å². The first-order chi connectivity index (χ1) is 10.8. The number of fused-ring (bicyclic) bond motifs is 1. The molecular formula is C19H23NO2. The lowest BCUT2D eigenvalue weighted by Gasteiger charge is -2.29. The molecule has 0 spiro atoms. The topological polar surface area (TPSA) is 30.5 Å². The van der Waals surface area contributed by atoms with Gasteiger partial charge >= 0.3 is 0 Å². The van der Waals surface area contributed by atoms with Gasteiger partial charge in [0.25, 0.3) is 0 Å². The van der Waals surface area contributed by atoms with Crippen molar-refractivity contribution in [3.8, 4) is 11.5 Å². The predicted molar refractivity (Wildman–Crippen MR) is 88.9 cm³/mol. The van der Waals surface area contributed by atoms with E-state index in [2.05, 4.69) is 42.6 Å². The summed E-state index contributed by atoms with van der Waals surface area (Å²) in [6.45, 7) is 3.12. The van der Waals surface area contributed by atoms with E-state index in [1.807, 2.05) is 6.07 Å². The van der Waals surface area contributed by atoms with Crippen LogP contribution < -0.4 is 14.8 Å². The van der Waals surface area contributed by atoms with Crippen molar-refractivity contribution in [1.82, 2.24) is 5.32 Å². The van der Waals surface area contributed by atoms with E-state index in [1.54, 1.807) is 14.2 Å². The number of benzene rings is 2. The first kappa shape index (κ1) is 14.9. The maximum absolute atomic E-state index is 5.64. The quantitative estimate of drug-likeness (QED) is 0.937. The Morgan fingerprint density at radius 1 is 1.05 bits per heavy atom. The highest BCUT2D eigenvalue weighted by atomic mass is 16.5. The average molecular weight is 297 g/mol. The number of hydrogen-bond donors (Lipinski definition) is 1. The monoisotopic (exact) mass is 297 g/mol. The van der Waals surface area contributed by atoms with Crippen LogP contribution in [-0.4, -0.2) is 20.8 Å². The lowest BCUT2D eigenvalue weighted by molar-refractivity contribution is 0.401. The van der Waals surface area contributed by atoms with Crippen LogP contribution in [0.1, 0.15) is 35.2 Å². The molecule has 1 unspecified atom stereocenters. The summed E-state index contributed by atoms with van der Waals surface area (Å²) in [6, 6.07) is 13.1. The maximum Gasteiger partial charge on any atom is 0.124 e. The van der Waals surface area contributed by atoms with Crippen LogP contribution in [0.5, 0.6) is 11.5 Å². The standard InChI is InChI=1S/C19H23NO2/c1-4-13-5-7-17(18(11-13)22-3)19-16-8-6-15(21-2)12-14(16)9-10-20-19/h5-8,11-12,19-20H,4,9-10H2,1-3H3. The van der Waals surface area contributed by atoms with Crippen molar-refractivity contribution >= 4 is 0 Å². The number of rotatable bonds is 4. The lowest BCUT2D eigenvalue weighted by atomic mass is 9.88. The third-order valence-electron chi connectivity index (χ3n) is 4.42. The molecule has 3 heteroatoms. The van der Waals surface area contributed by atoms with E-state index in [9.17, 15) is 0 Å². The highest BCUT2D eigenvalue weighted by molar-refractivity contribution is 5.48. The molecule has 0 aromatic heterocycles. The Labute approximate surface area is 132 Å². The minimum Gasteiger partial charge on any atom is -0.497 e. The van der Waals surface area contributed by atoms with Gasteiger partial charge in [0.1, 0.15) is 11.5 Å². The second kappa shape index (κ2) is 6.41. The fourth-order valence-electron chi connectivity index (χ4n) is 3.16. The summed E-state index contributed by atoms with van der Waals surface area (Å²) < 4.78 is 11.0. The molecule has 3 nitrogen and oxygen atoms in total. The van der Waals surface area contributed by atoms with E-state index in [0.717, 1.165) is 30.9 Å². The van der Waals surface area contributed by atoms with Crippen molar-refractivity contribution in [2.24, 2.45) is 0 Å². The average Bonchev–Trinajstić information content (AvgIpc) is 2.60. The molecule has 2 aromatic carbocycles. The van der Waals surface area contributed by atoms with Crippen molar-refractivity contribution in [2.45, 2.75) is 25.8 Å². The molecule has 1 N–H and O–H groups in total. The van der Waals surface area contributed by atoms with Gasteiger partial charge in [-0.2, -0.15) is 0 Å². The normalized spacial score (nSPS) is 17.0. The molecule has 0 saturated heterocycles. The molecule has 2 aromatic rings. The Morgan fingerprint density at radius 3 is 2.59 bits per heavy atom. The van der Waals surface area contributed by atoms with Gasteiger partial charge in [0.05, 0.1) is 20.3 Å². The van der Waals surface area contributed by atoms with Crippen LogP contribution in [0.2, 0.25) is 0 Å². The number of hydrogen-bond acceptors (Lipinski definition) is 3. The molecule has 1 aliphatic heterocycles. The van der Waals surface area contributed by atoms with Gasteiger partial charge in [0.2, 0.25) is 0 Å². The van der Waals surface area contributed by atoms with Crippen LogP contribution in [0.25, 0.3) is 0 Å². The van der Waals surface area contributed by atoms with Crippen LogP contribution in [0.4, 0.5) is 0 Å². The van der Waals surface area contributed by atoms with E-state index in [0.29, 0.717) is 0 Å². The highest BCUT2D eigenvalue weighted by Gasteiger charge is 2.24. The van der Waals surface area contributed by atoms with Crippen LogP contribution >= 0.6 is 0 Å². The minimum atomic E-state index is 0.176. The first-order valence-electron chi connectivity index (χ1n) is 7.83. The summed E-state index contributed by atoms with van der Waals surface area (Å²) in [4.78, 5) is 0. The van der Waals surface area contributed by atoms with Gasteiger partial charge in [-0.05, 0) is 47.7 Å². The molecule has 0 radical (unpaired) electrons. The van der Waals surface area contributed by atoms with E-state index >= 15 is 0 Å². The van der Waals surface area contributed by atoms with Gasteiger partial charge in [-0.25, -0.2) is 0 Å². The van der Waals surface area contributed by atoms with Gasteiger partial charge in [-0.3, -0.25) is 0 Å². The number of ether oxygens (including phenoxy) is 2. The summed E-state index contributed by atoms with van der Waals surface area (Å²) in [5.74, 6) is 1.88. The number of nitrogens with one attached hydrogen (secondary N) is 1. The van der Waals surface area contributed by atoms with Crippen molar-refractivity contribution in [1.29, 1.82) is 0 Å². The van der Waals surface area contributed by atoms with E-state index in [4.69, 9.17) is 9.47 Å². The van der Waals surface area contributed by atoms with Crippen LogP contribution in [0, 0.1) is 0 Å². The van der Waals surface area contributed by atoms with Gasteiger partial charge in [-0.15, -0.1) is 0 Å². The van der Waals surface area contributed by atoms with Gasteiger partial charge < -0.3 is 14.8 Å². The van der Waals surface area contributed by atoms with E-state index < -0.39 is 0 Å². The molecule has 116 valence electrons. The molecule has 1 aliphatic rings. The SMILES string of the molecule is CCc1ccc(C2NCCc3cc(OC)ccc32)c(OC)c1. The molecule has 3 rings (SSSR count). The third kappa shape index (κ3) is 2.69. The Morgan fingerprint density at radius 2 is 1.86 bits per heavy atom. The first-order valence-corrected chi connectivity index (χ1v) is 7.83. The number of aryl methyl sites for hydroxylation is 1. The summed E-state index contributed by atoms with van der Waals surface area (Å²) >= 11 is 0. The summed E-state index contributed by atoms with van der Waals surface area (Å²) in [5, 5.41) is 3.62. The molecule has 22 heavy (non-hydrogen) atoms. The van der Waals surface area contributed by atoms with Gasteiger partial charge in [-0.1, -0.05) is 25.1 Å². The zero-order chi connectivity index (χ0) is 15.5. The molecule has 1 heterocycles. The van der Waals surface area contributed by atoms with Crippen molar-refractivity contribution in [3.05, 3.63) is 58.7 Å². The summed E-state index contributed by atoms with van der Waals surface area (Å²) in [7, 11) is 3.46. The largest absolute Gasteiger partial charge is 0.497 e. The van der Waals surface area contributed by atoms with Crippen LogP contribution in [0.15, 0.2) is 36.4 Å². The number of methoxy groups -OCH3 is 2. The van der Waals surface area contributed by atoms with Crippen molar-refractivity contribution in [2.75, 3.05) is 20.8 Å². The minimum absolute atomic E-state index is 0.176. The fraction of sp³-hybridized carbons (Fsp3) is 0.368. The fourth-order valence-corrected chi connectivity index (χ4v) is 3.16. The predicted octanol–water partition coefficient (Wildman–Crippen LogP) is 3.50. The molecule has 1 atom stereocenters. The van der Waals surface area contributed by atoms with Gasteiger partial charge in [0.15, 0.2) is 0 Å². The molecule has 0 bridgehead atoms. The summed E-state index contributed by atoms with van der Waals surface area (Å²) in [5.41, 5.74) is 5.16. The Hall–Kier alpha value is -2.00. The van der Waals surface area contributed by atoms with E-state index in [1.165, 1.54) is 22.3 Å². The second-order valence-electron chi connectivity index (χ2n) is 5.63. The highest BCUT2D eigenvalue weighted by Crippen LogP contribution is 2.35. The molecule has 0 amide bonds. The molecule has 0 saturated carbocycles. The lowest BCUT2D eigenvalue weighted by Crippen LogP contribution is -2.30. The van der Waals surface area contributed by atoms with Crippen molar-refractivity contribution < 1.29 is 9.47 Å². The third-order valence-corrected chi connectivity index (χ3v) is 4.42.